The smallest absolute Gasteiger partial charge is 0.257 e. The van der Waals surface area contributed by atoms with Crippen molar-refractivity contribution in [1.82, 2.24) is 10.6 Å². The number of benzene rings is 2. The van der Waals surface area contributed by atoms with E-state index in [-0.39, 0.29) is 24.9 Å². The van der Waals surface area contributed by atoms with Gasteiger partial charge in [-0.1, -0.05) is 28.1 Å². The van der Waals surface area contributed by atoms with Gasteiger partial charge in [0.25, 0.3) is 5.91 Å². The van der Waals surface area contributed by atoms with Gasteiger partial charge in [-0.2, -0.15) is 0 Å². The number of nitrogens with one attached hydrogen (secondary N) is 2. The quantitative estimate of drug-likeness (QED) is 0.832. The fourth-order valence-corrected chi connectivity index (χ4v) is 2.61. The van der Waals surface area contributed by atoms with Crippen LogP contribution in [0, 0.1) is 5.92 Å². The SMILES string of the molecule is Cl.O=C(COc1ccc2cc(Br)ccc2c1)NCC1CNC1. The lowest BCUT2D eigenvalue weighted by Gasteiger charge is -2.27. The second kappa shape index (κ2) is 7.81. The maximum atomic E-state index is 11.7. The van der Waals surface area contributed by atoms with E-state index >= 15 is 0 Å². The number of hydrogen-bond donors (Lipinski definition) is 2. The zero-order chi connectivity index (χ0) is 14.7. The molecule has 0 spiro atoms. The Morgan fingerprint density at radius 1 is 1.23 bits per heavy atom. The highest BCUT2D eigenvalue weighted by Crippen LogP contribution is 2.24. The van der Waals surface area contributed by atoms with Crippen LogP contribution in [0.15, 0.2) is 40.9 Å². The van der Waals surface area contributed by atoms with E-state index in [0.29, 0.717) is 11.7 Å². The van der Waals surface area contributed by atoms with Crippen LogP contribution in [0.5, 0.6) is 5.75 Å². The minimum atomic E-state index is -0.0715. The summed E-state index contributed by atoms with van der Waals surface area (Å²) < 4.78 is 6.60. The van der Waals surface area contributed by atoms with E-state index < -0.39 is 0 Å². The second-order valence-electron chi connectivity index (χ2n) is 5.27. The largest absolute Gasteiger partial charge is 0.484 e. The van der Waals surface area contributed by atoms with Gasteiger partial charge in [0, 0.05) is 30.0 Å². The van der Waals surface area contributed by atoms with Gasteiger partial charge in [0.1, 0.15) is 5.75 Å². The molecule has 2 aromatic rings. The van der Waals surface area contributed by atoms with Gasteiger partial charge in [-0.05, 0) is 35.0 Å². The summed E-state index contributed by atoms with van der Waals surface area (Å²) in [6.07, 6.45) is 0. The van der Waals surface area contributed by atoms with Crippen LogP contribution in [-0.2, 0) is 4.79 Å². The minimum Gasteiger partial charge on any atom is -0.484 e. The van der Waals surface area contributed by atoms with E-state index in [2.05, 4.69) is 32.6 Å². The molecule has 1 saturated heterocycles. The molecule has 0 unspecified atom stereocenters. The minimum absolute atomic E-state index is 0. The molecule has 22 heavy (non-hydrogen) atoms. The molecule has 0 radical (unpaired) electrons. The topological polar surface area (TPSA) is 50.4 Å². The number of hydrogen-bond acceptors (Lipinski definition) is 3. The Morgan fingerprint density at radius 2 is 1.95 bits per heavy atom. The highest BCUT2D eigenvalue weighted by atomic mass is 79.9. The van der Waals surface area contributed by atoms with Gasteiger partial charge in [0.2, 0.25) is 0 Å². The Balaban J connectivity index is 0.00000176. The summed E-state index contributed by atoms with van der Waals surface area (Å²) in [7, 11) is 0. The van der Waals surface area contributed by atoms with Crippen molar-refractivity contribution in [2.45, 2.75) is 0 Å². The third-order valence-electron chi connectivity index (χ3n) is 3.60. The second-order valence-corrected chi connectivity index (χ2v) is 6.19. The Morgan fingerprint density at radius 3 is 2.68 bits per heavy atom. The lowest BCUT2D eigenvalue weighted by Crippen LogP contribution is -2.48. The van der Waals surface area contributed by atoms with E-state index in [0.717, 1.165) is 34.9 Å². The summed E-state index contributed by atoms with van der Waals surface area (Å²) in [6, 6.07) is 11.9. The molecular formula is C16H18BrClN2O2. The summed E-state index contributed by atoms with van der Waals surface area (Å²) in [5.41, 5.74) is 0. The van der Waals surface area contributed by atoms with Gasteiger partial charge in [-0.3, -0.25) is 4.79 Å². The van der Waals surface area contributed by atoms with Crippen molar-refractivity contribution in [1.29, 1.82) is 0 Å². The van der Waals surface area contributed by atoms with Crippen molar-refractivity contribution < 1.29 is 9.53 Å². The molecule has 6 heteroatoms. The van der Waals surface area contributed by atoms with E-state index in [9.17, 15) is 4.79 Å². The molecule has 0 atom stereocenters. The Labute approximate surface area is 144 Å². The van der Waals surface area contributed by atoms with Crippen LogP contribution < -0.4 is 15.4 Å². The fraction of sp³-hybridized carbons (Fsp3) is 0.312. The average Bonchev–Trinajstić information content (AvgIpc) is 2.43. The van der Waals surface area contributed by atoms with Gasteiger partial charge < -0.3 is 15.4 Å². The summed E-state index contributed by atoms with van der Waals surface area (Å²) in [6.45, 7) is 2.76. The zero-order valence-corrected chi connectivity index (χ0v) is 14.4. The summed E-state index contributed by atoms with van der Waals surface area (Å²) in [5.74, 6) is 1.20. The van der Waals surface area contributed by atoms with Crippen LogP contribution in [0.2, 0.25) is 0 Å². The molecule has 0 aromatic heterocycles. The molecule has 1 fully saturated rings. The molecular weight excluding hydrogens is 368 g/mol. The van der Waals surface area contributed by atoms with Gasteiger partial charge in [0.05, 0.1) is 0 Å². The number of halogens is 2. The van der Waals surface area contributed by atoms with Gasteiger partial charge >= 0.3 is 0 Å². The van der Waals surface area contributed by atoms with Gasteiger partial charge in [0.15, 0.2) is 6.61 Å². The summed E-state index contributed by atoms with van der Waals surface area (Å²) in [5, 5.41) is 8.30. The lowest BCUT2D eigenvalue weighted by molar-refractivity contribution is -0.123. The summed E-state index contributed by atoms with van der Waals surface area (Å²) >= 11 is 3.45. The maximum absolute atomic E-state index is 11.7. The first-order chi connectivity index (χ1) is 10.2. The van der Waals surface area contributed by atoms with Crippen LogP contribution >= 0.6 is 28.3 Å². The number of rotatable bonds is 5. The van der Waals surface area contributed by atoms with Crippen molar-refractivity contribution in [2.24, 2.45) is 5.92 Å². The Hall–Kier alpha value is -1.30. The van der Waals surface area contributed by atoms with Crippen LogP contribution in [0.25, 0.3) is 10.8 Å². The Bertz CT molecular complexity index is 662. The lowest BCUT2D eigenvalue weighted by atomic mass is 10.0. The van der Waals surface area contributed by atoms with Gasteiger partial charge in [-0.15, -0.1) is 12.4 Å². The summed E-state index contributed by atoms with van der Waals surface area (Å²) in [4.78, 5) is 11.7. The van der Waals surface area contributed by atoms with Gasteiger partial charge in [-0.25, -0.2) is 0 Å². The van der Waals surface area contributed by atoms with Crippen molar-refractivity contribution in [3.05, 3.63) is 40.9 Å². The molecule has 118 valence electrons. The highest BCUT2D eigenvalue weighted by Gasteiger charge is 2.17. The Kier molecular flexibility index (Phi) is 6.06. The van der Waals surface area contributed by atoms with Crippen LogP contribution in [-0.4, -0.2) is 32.1 Å². The molecule has 1 heterocycles. The third kappa shape index (κ3) is 4.35. The number of carbonyl (C=O) groups excluding carboxylic acids is 1. The molecule has 1 aliphatic heterocycles. The first-order valence-corrected chi connectivity index (χ1v) is 7.79. The third-order valence-corrected chi connectivity index (χ3v) is 4.09. The number of amides is 1. The average molecular weight is 386 g/mol. The zero-order valence-electron chi connectivity index (χ0n) is 12.0. The number of ether oxygens (including phenoxy) is 1. The number of carbonyl (C=O) groups is 1. The molecule has 3 rings (SSSR count). The van der Waals surface area contributed by atoms with E-state index in [1.165, 1.54) is 0 Å². The first kappa shape index (κ1) is 17.1. The van der Waals surface area contributed by atoms with Crippen molar-refractivity contribution in [2.75, 3.05) is 26.2 Å². The van der Waals surface area contributed by atoms with E-state index in [1.54, 1.807) is 0 Å². The predicted octanol–water partition coefficient (Wildman–Crippen LogP) is 2.74. The number of fused-ring (bicyclic) bond motifs is 1. The molecule has 1 amide bonds. The standard InChI is InChI=1S/C16H17BrN2O2.ClH/c17-14-3-1-13-6-15(4-2-12(13)5-14)21-10-16(20)19-9-11-7-18-8-11;/h1-6,11,18H,7-10H2,(H,19,20);1H. The molecule has 2 aromatic carbocycles. The van der Waals surface area contributed by atoms with Crippen LogP contribution in [0.4, 0.5) is 0 Å². The molecule has 4 nitrogen and oxygen atoms in total. The van der Waals surface area contributed by atoms with Crippen molar-refractivity contribution in [3.8, 4) is 5.75 Å². The predicted molar refractivity (Wildman–Crippen MR) is 93.8 cm³/mol. The monoisotopic (exact) mass is 384 g/mol. The van der Waals surface area contributed by atoms with Crippen molar-refractivity contribution >= 4 is 45.0 Å². The van der Waals surface area contributed by atoms with Crippen molar-refractivity contribution in [3.63, 3.8) is 0 Å². The van der Waals surface area contributed by atoms with E-state index in [4.69, 9.17) is 4.74 Å². The molecule has 0 saturated carbocycles. The molecule has 2 N–H and O–H groups in total. The highest BCUT2D eigenvalue weighted by molar-refractivity contribution is 9.10. The fourth-order valence-electron chi connectivity index (χ4n) is 2.24. The van der Waals surface area contributed by atoms with Crippen LogP contribution in [0.3, 0.4) is 0 Å². The molecule has 0 bridgehead atoms. The van der Waals surface area contributed by atoms with Crippen LogP contribution in [0.1, 0.15) is 0 Å². The molecule has 0 aliphatic carbocycles. The van der Waals surface area contributed by atoms with E-state index in [1.807, 2.05) is 30.3 Å². The first-order valence-electron chi connectivity index (χ1n) is 7.00. The molecule has 1 aliphatic rings. The normalized spacial score (nSPS) is 14.0. The maximum Gasteiger partial charge on any atom is 0.257 e.